The second kappa shape index (κ2) is 8.01. The van der Waals surface area contributed by atoms with Crippen LogP contribution in [0.5, 0.6) is 0 Å². The second-order valence-corrected chi connectivity index (χ2v) is 6.63. The van der Waals surface area contributed by atoms with Crippen LogP contribution in [0.1, 0.15) is 58.7 Å². The summed E-state index contributed by atoms with van der Waals surface area (Å²) in [6.07, 6.45) is 3.19. The quantitative estimate of drug-likeness (QED) is 0.762. The topological polar surface area (TPSA) is 80.0 Å². The van der Waals surface area contributed by atoms with Crippen molar-refractivity contribution < 1.29 is 23.8 Å². The molecule has 1 aliphatic heterocycles. The minimum absolute atomic E-state index is 0.151. The highest BCUT2D eigenvalue weighted by Crippen LogP contribution is 2.31. The van der Waals surface area contributed by atoms with Crippen molar-refractivity contribution in [2.45, 2.75) is 45.7 Å². The van der Waals surface area contributed by atoms with Gasteiger partial charge in [0.2, 0.25) is 0 Å². The van der Waals surface area contributed by atoms with Gasteiger partial charge in [-0.2, -0.15) is 0 Å². The van der Waals surface area contributed by atoms with Crippen LogP contribution in [0.4, 0.5) is 0 Å². The van der Waals surface area contributed by atoms with Gasteiger partial charge < -0.3 is 14.3 Å². The third-order valence-corrected chi connectivity index (χ3v) is 5.21. The Balaban J connectivity index is 2.05. The number of carbonyl (C=O) groups is 2. The predicted octanol–water partition coefficient (Wildman–Crippen LogP) is 3.51. The van der Waals surface area contributed by atoms with Crippen LogP contribution in [-0.2, 0) is 17.7 Å². The second-order valence-electron chi connectivity index (χ2n) is 6.63. The minimum atomic E-state index is -0.985. The third-order valence-electron chi connectivity index (χ3n) is 5.21. The fraction of sp³-hybridized carbons (Fsp3) is 0.500. The van der Waals surface area contributed by atoms with E-state index >= 15 is 0 Å². The van der Waals surface area contributed by atoms with Crippen molar-refractivity contribution in [2.24, 2.45) is 0 Å². The molecule has 0 atom stereocenters. The molecule has 26 heavy (non-hydrogen) atoms. The molecule has 1 aromatic carbocycles. The number of benzene rings is 1. The van der Waals surface area contributed by atoms with Crippen LogP contribution in [0.25, 0.3) is 11.0 Å². The largest absolute Gasteiger partial charge is 0.478 e. The number of carbonyl (C=O) groups excluding carboxylic acids is 1. The standard InChI is InChI=1S/C20H25NO5/c1-3-16-13(11-21(4-2)14-5-7-25-8-6-14)9-18-17(19(16)20(23)24)10-15(12-22)26-18/h9-10,12,14H,3-8,11H2,1-2H3,(H,23,24). The van der Waals surface area contributed by atoms with Crippen molar-refractivity contribution in [1.29, 1.82) is 0 Å². The predicted molar refractivity (Wildman–Crippen MR) is 97.9 cm³/mol. The molecule has 2 aromatic rings. The molecule has 1 N–H and O–H groups in total. The summed E-state index contributed by atoms with van der Waals surface area (Å²) in [6, 6.07) is 3.85. The molecule has 1 saturated heterocycles. The summed E-state index contributed by atoms with van der Waals surface area (Å²) in [5.41, 5.74) is 2.48. The van der Waals surface area contributed by atoms with Crippen molar-refractivity contribution >= 4 is 23.2 Å². The van der Waals surface area contributed by atoms with E-state index in [1.54, 1.807) is 0 Å². The molecule has 0 spiro atoms. The van der Waals surface area contributed by atoms with Crippen LogP contribution < -0.4 is 0 Å². The highest BCUT2D eigenvalue weighted by atomic mass is 16.5. The number of aldehydes is 1. The maximum atomic E-state index is 11.9. The summed E-state index contributed by atoms with van der Waals surface area (Å²) in [7, 11) is 0. The van der Waals surface area contributed by atoms with E-state index in [1.807, 2.05) is 13.0 Å². The fourth-order valence-corrected chi connectivity index (χ4v) is 3.91. The van der Waals surface area contributed by atoms with Gasteiger partial charge in [0, 0.05) is 31.2 Å². The molecule has 2 heterocycles. The van der Waals surface area contributed by atoms with E-state index in [0.717, 1.165) is 43.7 Å². The lowest BCUT2D eigenvalue weighted by Crippen LogP contribution is -2.39. The number of hydrogen-bond donors (Lipinski definition) is 1. The Morgan fingerprint density at radius 2 is 2.04 bits per heavy atom. The van der Waals surface area contributed by atoms with E-state index in [0.29, 0.717) is 36.3 Å². The highest BCUT2D eigenvalue weighted by molar-refractivity contribution is 6.05. The number of carboxylic acid groups (broad SMARTS) is 1. The molecule has 0 aliphatic carbocycles. The van der Waals surface area contributed by atoms with Gasteiger partial charge in [0.15, 0.2) is 12.0 Å². The molecule has 6 heteroatoms. The molecular formula is C20H25NO5. The minimum Gasteiger partial charge on any atom is -0.478 e. The first kappa shape index (κ1) is 18.6. The van der Waals surface area contributed by atoms with Crippen molar-refractivity contribution in [3.05, 3.63) is 34.6 Å². The lowest BCUT2D eigenvalue weighted by molar-refractivity contribution is 0.0329. The van der Waals surface area contributed by atoms with Crippen LogP contribution in [0.15, 0.2) is 16.5 Å². The average Bonchev–Trinajstić information content (AvgIpc) is 3.07. The van der Waals surface area contributed by atoms with Gasteiger partial charge in [0.25, 0.3) is 0 Å². The van der Waals surface area contributed by atoms with E-state index in [4.69, 9.17) is 9.15 Å². The third kappa shape index (κ3) is 3.52. The van der Waals surface area contributed by atoms with Gasteiger partial charge in [-0.1, -0.05) is 13.8 Å². The Hall–Kier alpha value is -2.18. The highest BCUT2D eigenvalue weighted by Gasteiger charge is 2.25. The van der Waals surface area contributed by atoms with Gasteiger partial charge in [0.05, 0.1) is 5.56 Å². The van der Waals surface area contributed by atoms with Crippen molar-refractivity contribution in [3.63, 3.8) is 0 Å². The Kier molecular flexibility index (Phi) is 5.74. The fourth-order valence-electron chi connectivity index (χ4n) is 3.91. The van der Waals surface area contributed by atoms with Gasteiger partial charge in [-0.25, -0.2) is 4.79 Å². The summed E-state index contributed by atoms with van der Waals surface area (Å²) in [4.78, 5) is 25.4. The summed E-state index contributed by atoms with van der Waals surface area (Å²) < 4.78 is 11.0. The molecule has 0 amide bonds. The van der Waals surface area contributed by atoms with Gasteiger partial charge in [-0.05, 0) is 49.1 Å². The molecular weight excluding hydrogens is 334 g/mol. The normalized spacial score (nSPS) is 15.7. The van der Waals surface area contributed by atoms with E-state index in [2.05, 4.69) is 11.8 Å². The zero-order chi connectivity index (χ0) is 18.7. The number of fused-ring (bicyclic) bond motifs is 1. The van der Waals surface area contributed by atoms with E-state index < -0.39 is 5.97 Å². The van der Waals surface area contributed by atoms with Crippen LogP contribution >= 0.6 is 0 Å². The molecule has 1 aromatic heterocycles. The van der Waals surface area contributed by atoms with Gasteiger partial charge in [-0.15, -0.1) is 0 Å². The van der Waals surface area contributed by atoms with Gasteiger partial charge in [-0.3, -0.25) is 9.69 Å². The van der Waals surface area contributed by atoms with Crippen LogP contribution in [0, 0.1) is 0 Å². The van der Waals surface area contributed by atoms with Crippen molar-refractivity contribution in [3.8, 4) is 0 Å². The number of ether oxygens (including phenoxy) is 1. The smallest absolute Gasteiger partial charge is 0.336 e. The Bertz CT molecular complexity index is 804. The maximum absolute atomic E-state index is 11.9. The lowest BCUT2D eigenvalue weighted by atomic mass is 9.94. The lowest BCUT2D eigenvalue weighted by Gasteiger charge is -2.34. The SMILES string of the molecule is CCc1c(CN(CC)C2CCOCC2)cc2oc(C=O)cc2c1C(=O)O. The Labute approximate surface area is 152 Å². The zero-order valence-electron chi connectivity index (χ0n) is 15.3. The average molecular weight is 359 g/mol. The van der Waals surface area contributed by atoms with Crippen LogP contribution in [-0.4, -0.2) is 48.1 Å². The number of rotatable bonds is 7. The summed E-state index contributed by atoms with van der Waals surface area (Å²) in [5.74, 6) is -0.834. The number of carboxylic acids is 1. The summed E-state index contributed by atoms with van der Waals surface area (Å²) in [6.45, 7) is 7.16. The molecule has 0 unspecified atom stereocenters. The summed E-state index contributed by atoms with van der Waals surface area (Å²) in [5, 5.41) is 10.3. The summed E-state index contributed by atoms with van der Waals surface area (Å²) >= 11 is 0. The number of furan rings is 1. The zero-order valence-corrected chi connectivity index (χ0v) is 15.3. The van der Waals surface area contributed by atoms with Crippen molar-refractivity contribution in [1.82, 2.24) is 4.90 Å². The van der Waals surface area contributed by atoms with Gasteiger partial charge >= 0.3 is 5.97 Å². The number of aromatic carboxylic acids is 1. The van der Waals surface area contributed by atoms with Crippen LogP contribution in [0.3, 0.4) is 0 Å². The van der Waals surface area contributed by atoms with Crippen molar-refractivity contribution in [2.75, 3.05) is 19.8 Å². The molecule has 6 nitrogen and oxygen atoms in total. The van der Waals surface area contributed by atoms with E-state index in [1.165, 1.54) is 6.07 Å². The molecule has 0 bridgehead atoms. The first-order chi connectivity index (χ1) is 12.6. The first-order valence-electron chi connectivity index (χ1n) is 9.17. The van der Waals surface area contributed by atoms with Gasteiger partial charge in [0.1, 0.15) is 5.58 Å². The van der Waals surface area contributed by atoms with E-state index in [-0.39, 0.29) is 11.3 Å². The molecule has 1 aliphatic rings. The van der Waals surface area contributed by atoms with E-state index in [9.17, 15) is 14.7 Å². The molecule has 1 fully saturated rings. The molecule has 140 valence electrons. The Morgan fingerprint density at radius 3 is 2.62 bits per heavy atom. The molecule has 3 rings (SSSR count). The van der Waals surface area contributed by atoms with Crippen LogP contribution in [0.2, 0.25) is 0 Å². The monoisotopic (exact) mass is 359 g/mol. The number of hydrogen-bond acceptors (Lipinski definition) is 5. The molecule has 0 saturated carbocycles. The number of nitrogens with zero attached hydrogens (tertiary/aromatic N) is 1. The maximum Gasteiger partial charge on any atom is 0.336 e. The Morgan fingerprint density at radius 1 is 1.31 bits per heavy atom. The first-order valence-corrected chi connectivity index (χ1v) is 9.17. The molecule has 0 radical (unpaired) electrons.